The van der Waals surface area contributed by atoms with E-state index in [1.807, 2.05) is 6.07 Å². The van der Waals surface area contributed by atoms with Crippen LogP contribution in [-0.2, 0) is 20.8 Å². The number of nitrogens with zero attached hydrogens (tertiary/aromatic N) is 5. The van der Waals surface area contributed by atoms with Gasteiger partial charge in [-0.25, -0.2) is 19.4 Å². The monoisotopic (exact) mass is 658 g/mol. The third kappa shape index (κ3) is 7.48. The molecule has 0 unspecified atom stereocenters. The molecule has 2 aromatic carbocycles. The zero-order valence-electron chi connectivity index (χ0n) is 28.5. The topological polar surface area (TPSA) is 92.3 Å². The lowest BCUT2D eigenvalue weighted by atomic mass is 9.98. The first kappa shape index (κ1) is 33.8. The highest BCUT2D eigenvalue weighted by atomic mass is 19.1. The van der Waals surface area contributed by atoms with E-state index >= 15 is 4.39 Å². The van der Waals surface area contributed by atoms with Crippen LogP contribution in [0.25, 0.3) is 0 Å². The minimum absolute atomic E-state index is 0.00574. The van der Waals surface area contributed by atoms with Crippen molar-refractivity contribution >= 4 is 28.8 Å². The number of benzene rings is 2. The predicted molar refractivity (Wildman–Crippen MR) is 186 cm³/mol. The number of aromatic nitrogens is 2. The highest BCUT2D eigenvalue weighted by Gasteiger charge is 2.33. The number of morpholine rings is 1. The summed E-state index contributed by atoms with van der Waals surface area (Å²) in [5, 5.41) is 5.08. The molecule has 4 heterocycles. The van der Waals surface area contributed by atoms with Gasteiger partial charge < -0.3 is 19.7 Å². The molecule has 0 saturated carbocycles. The van der Waals surface area contributed by atoms with E-state index in [-0.39, 0.29) is 29.9 Å². The van der Waals surface area contributed by atoms with Crippen LogP contribution in [0.1, 0.15) is 62.3 Å². The fourth-order valence-corrected chi connectivity index (χ4v) is 7.30. The molecule has 3 atom stereocenters. The fourth-order valence-electron chi connectivity index (χ4n) is 7.30. The Hall–Kier alpha value is -4.06. The van der Waals surface area contributed by atoms with E-state index in [1.165, 1.54) is 12.4 Å². The number of halogens is 1. The van der Waals surface area contributed by atoms with Crippen molar-refractivity contribution in [3.05, 3.63) is 77.9 Å². The lowest BCUT2D eigenvalue weighted by Crippen LogP contribution is -2.53. The van der Waals surface area contributed by atoms with Crippen molar-refractivity contribution in [1.29, 1.82) is 0 Å². The van der Waals surface area contributed by atoms with Gasteiger partial charge in [-0.1, -0.05) is 24.8 Å². The maximum absolute atomic E-state index is 15.1. The number of allylic oxidation sites excluding steroid dienone is 1. The van der Waals surface area contributed by atoms with Crippen molar-refractivity contribution in [2.45, 2.75) is 77.2 Å². The molecule has 1 N–H and O–H groups in total. The van der Waals surface area contributed by atoms with Crippen LogP contribution in [0.5, 0.6) is 5.75 Å². The Bertz CT molecular complexity index is 1600. The number of hydrogen-bond donors (Lipinski definition) is 1. The molecule has 3 fully saturated rings. The molecule has 3 aliphatic rings. The third-order valence-corrected chi connectivity index (χ3v) is 9.67. The van der Waals surface area contributed by atoms with Crippen LogP contribution >= 0.6 is 0 Å². The van der Waals surface area contributed by atoms with Crippen LogP contribution in [-0.4, -0.2) is 78.8 Å². The Morgan fingerprint density at radius 1 is 1.12 bits per heavy atom. The Morgan fingerprint density at radius 2 is 1.90 bits per heavy atom. The molecule has 0 aliphatic carbocycles. The van der Waals surface area contributed by atoms with E-state index in [9.17, 15) is 4.79 Å². The van der Waals surface area contributed by atoms with Crippen LogP contribution in [0, 0.1) is 12.7 Å². The number of carbonyl (C=O) groups excluding carboxylic acids is 1. The van der Waals surface area contributed by atoms with Crippen LogP contribution in [0.2, 0.25) is 0 Å². The average molecular weight is 659 g/mol. The molecule has 6 rings (SSSR count). The van der Waals surface area contributed by atoms with Gasteiger partial charge in [0, 0.05) is 68.4 Å². The van der Waals surface area contributed by atoms with Gasteiger partial charge in [0.15, 0.2) is 11.6 Å². The summed E-state index contributed by atoms with van der Waals surface area (Å²) in [6.07, 6.45) is 7.03. The molecule has 3 saturated heterocycles. The van der Waals surface area contributed by atoms with Gasteiger partial charge >= 0.3 is 0 Å². The maximum atomic E-state index is 15.1. The largest absolute Gasteiger partial charge is 0.494 e. The summed E-state index contributed by atoms with van der Waals surface area (Å²) in [5.74, 6) is 1.50. The number of rotatable bonds is 11. The number of aryl methyl sites for hydroxylation is 2. The number of ketones is 1. The minimum atomic E-state index is -0.311. The van der Waals surface area contributed by atoms with Crippen LogP contribution in [0.4, 0.5) is 27.4 Å². The number of nitrogens with one attached hydrogen (secondary N) is 1. The molecule has 48 heavy (non-hydrogen) atoms. The van der Waals surface area contributed by atoms with E-state index in [1.54, 1.807) is 37.3 Å². The Kier molecular flexibility index (Phi) is 10.6. The molecule has 0 bridgehead atoms. The smallest absolute Gasteiger partial charge is 0.158 e. The molecule has 1 aromatic heterocycles. The first-order valence-corrected chi connectivity index (χ1v) is 17.0. The summed E-state index contributed by atoms with van der Waals surface area (Å²) in [7, 11) is 1.66. The summed E-state index contributed by atoms with van der Waals surface area (Å²) in [5.41, 5.74) is 4.02. The second-order valence-electron chi connectivity index (χ2n) is 13.1. The zero-order chi connectivity index (χ0) is 33.8. The number of hydroxylamine groups is 1. The van der Waals surface area contributed by atoms with Crippen LogP contribution in [0.15, 0.2) is 55.4 Å². The van der Waals surface area contributed by atoms with E-state index in [0.717, 1.165) is 56.0 Å². The minimum Gasteiger partial charge on any atom is -0.494 e. The molecule has 0 amide bonds. The predicted octanol–water partition coefficient (Wildman–Crippen LogP) is 6.33. The number of anilines is 4. The number of ether oxygens (including phenoxy) is 2. The van der Waals surface area contributed by atoms with Crippen LogP contribution in [0.3, 0.4) is 0 Å². The van der Waals surface area contributed by atoms with Crippen molar-refractivity contribution in [3.63, 3.8) is 0 Å². The van der Waals surface area contributed by atoms with Crippen molar-refractivity contribution in [1.82, 2.24) is 14.9 Å². The van der Waals surface area contributed by atoms with Crippen molar-refractivity contribution in [3.8, 4) is 5.75 Å². The van der Waals surface area contributed by atoms with Gasteiger partial charge in [0.05, 0.1) is 37.7 Å². The Balaban J connectivity index is 1.23. The van der Waals surface area contributed by atoms with E-state index < -0.39 is 0 Å². The summed E-state index contributed by atoms with van der Waals surface area (Å²) < 4.78 is 27.0. The molecule has 3 aromatic rings. The second kappa shape index (κ2) is 15.0. The van der Waals surface area contributed by atoms with Gasteiger partial charge in [0.2, 0.25) is 0 Å². The van der Waals surface area contributed by atoms with Gasteiger partial charge in [-0.3, -0.25) is 14.5 Å². The summed E-state index contributed by atoms with van der Waals surface area (Å²) in [4.78, 5) is 32.2. The molecule has 0 spiro atoms. The third-order valence-electron chi connectivity index (χ3n) is 9.67. The number of piperidine rings is 1. The summed E-state index contributed by atoms with van der Waals surface area (Å²) in [6, 6.07) is 11.6. The van der Waals surface area contributed by atoms with Gasteiger partial charge in [-0.2, -0.15) is 0 Å². The van der Waals surface area contributed by atoms with Gasteiger partial charge in [0.1, 0.15) is 23.7 Å². The molecule has 11 heteroatoms. The van der Waals surface area contributed by atoms with E-state index in [4.69, 9.17) is 14.3 Å². The first-order chi connectivity index (χ1) is 23.2. The second-order valence-corrected chi connectivity index (χ2v) is 13.1. The lowest BCUT2D eigenvalue weighted by molar-refractivity contribution is -0.114. The van der Waals surface area contributed by atoms with Gasteiger partial charge in [-0.05, 0) is 63.3 Å². The maximum Gasteiger partial charge on any atom is 0.158 e. The molecule has 0 radical (unpaired) electrons. The average Bonchev–Trinajstić information content (AvgIpc) is 3.58. The van der Waals surface area contributed by atoms with Crippen molar-refractivity contribution < 1.29 is 23.5 Å². The van der Waals surface area contributed by atoms with E-state index in [2.05, 4.69) is 57.6 Å². The van der Waals surface area contributed by atoms with Gasteiger partial charge in [-0.15, -0.1) is 0 Å². The summed E-state index contributed by atoms with van der Waals surface area (Å²) >= 11 is 0. The first-order valence-electron chi connectivity index (χ1n) is 17.0. The fraction of sp³-hybridized carbons (Fsp3) is 0.486. The van der Waals surface area contributed by atoms with Crippen LogP contribution < -0.4 is 20.0 Å². The molecule has 3 aliphatic heterocycles. The standard InChI is InChI=1S/C37H47FN6O4/c1-6-29(45)11-10-27-18-31(34(46-5)19-33(27)42-15-12-28(13-16-42)43-21-25(3)48-26(4)22-43)41-35-20-36(40-23-39-35)44-32(14-17-47-44)30-9-7-8-24(2)37(30)38/h6-9,18-20,23,25-26,28,32H,1,10-17,21-22H2,2-5H3,(H,39,40,41)/t25-,26+,32-/m1/s1. The Morgan fingerprint density at radius 3 is 2.62 bits per heavy atom. The van der Waals surface area contributed by atoms with Crippen molar-refractivity contribution in [2.24, 2.45) is 0 Å². The van der Waals surface area contributed by atoms with E-state index in [0.29, 0.717) is 60.4 Å². The highest BCUT2D eigenvalue weighted by Crippen LogP contribution is 2.39. The molecular weight excluding hydrogens is 611 g/mol. The van der Waals surface area contributed by atoms with Gasteiger partial charge in [0.25, 0.3) is 0 Å². The quantitative estimate of drug-likeness (QED) is 0.236. The number of hydrogen-bond acceptors (Lipinski definition) is 10. The normalized spacial score (nSPS) is 22.1. The molecular formula is C37H47FN6O4. The molecule has 10 nitrogen and oxygen atoms in total. The zero-order valence-corrected chi connectivity index (χ0v) is 28.5. The summed E-state index contributed by atoms with van der Waals surface area (Å²) in [6.45, 7) is 14.0. The number of methoxy groups -OCH3 is 1. The lowest BCUT2D eigenvalue weighted by Gasteiger charge is -2.44. The van der Waals surface area contributed by atoms with Crippen molar-refractivity contribution in [2.75, 3.05) is 55.2 Å². The SMILES string of the molecule is C=CC(=O)CCc1cc(Nc2cc(N3OCC[C@@H]3c3cccc(C)c3F)ncn2)c(OC)cc1N1CCC(N2C[C@@H](C)O[C@@H](C)C2)CC1. The highest BCUT2D eigenvalue weighted by molar-refractivity contribution is 5.89. The number of carbonyl (C=O) groups is 1. The molecule has 256 valence electrons. The Labute approximate surface area is 282 Å².